The van der Waals surface area contributed by atoms with Crippen LogP contribution in [-0.2, 0) is 26.1 Å². The first-order valence-electron chi connectivity index (χ1n) is 9.38. The highest BCUT2D eigenvalue weighted by atomic mass is 32.2. The van der Waals surface area contributed by atoms with E-state index in [0.29, 0.717) is 5.76 Å². The maximum atomic E-state index is 12.9. The summed E-state index contributed by atoms with van der Waals surface area (Å²) in [6.45, 7) is -0.737. The van der Waals surface area contributed by atoms with Crippen LogP contribution in [0, 0.1) is 5.82 Å². The van der Waals surface area contributed by atoms with E-state index < -0.39 is 40.2 Å². The van der Waals surface area contributed by atoms with Gasteiger partial charge in [-0.15, -0.1) is 0 Å². The van der Waals surface area contributed by atoms with Crippen LogP contribution in [-0.4, -0.2) is 32.8 Å². The van der Waals surface area contributed by atoms with E-state index in [9.17, 15) is 27.2 Å². The molecule has 1 heterocycles. The molecule has 3 aromatic rings. The molecule has 0 spiro atoms. The lowest BCUT2D eigenvalue weighted by Crippen LogP contribution is -2.43. The molecule has 0 unspecified atom stereocenters. The average Bonchev–Trinajstić information content (AvgIpc) is 3.34. The SMILES string of the molecule is O=C(COC(=O)c1ccc(S(=O)(=O)NCc2ccco2)cc1)NNC(=O)c1ccc(F)cc1. The third kappa shape index (κ3) is 6.72. The van der Waals surface area contributed by atoms with Gasteiger partial charge in [0.05, 0.1) is 23.3 Å². The summed E-state index contributed by atoms with van der Waals surface area (Å²) in [6.07, 6.45) is 1.42. The van der Waals surface area contributed by atoms with Crippen molar-refractivity contribution in [3.8, 4) is 0 Å². The summed E-state index contributed by atoms with van der Waals surface area (Å²) in [5, 5.41) is 0. The molecule has 0 saturated carbocycles. The molecular weight excluding hydrogens is 457 g/mol. The minimum absolute atomic E-state index is 0.0168. The van der Waals surface area contributed by atoms with Crippen LogP contribution in [0.3, 0.4) is 0 Å². The number of sulfonamides is 1. The third-order valence-corrected chi connectivity index (χ3v) is 5.59. The van der Waals surface area contributed by atoms with Crippen molar-refractivity contribution in [2.24, 2.45) is 0 Å². The molecule has 2 amide bonds. The summed E-state index contributed by atoms with van der Waals surface area (Å²) in [5.74, 6) is -2.46. The first kappa shape index (κ1) is 23.6. The Kier molecular flexibility index (Phi) is 7.53. The molecule has 10 nitrogen and oxygen atoms in total. The maximum Gasteiger partial charge on any atom is 0.338 e. The molecular formula is C21H18FN3O7S. The lowest BCUT2D eigenvalue weighted by atomic mass is 10.2. The first-order valence-corrected chi connectivity index (χ1v) is 10.9. The minimum Gasteiger partial charge on any atom is -0.468 e. The summed E-state index contributed by atoms with van der Waals surface area (Å²) in [7, 11) is -3.83. The van der Waals surface area contributed by atoms with Gasteiger partial charge in [-0.3, -0.25) is 20.4 Å². The molecule has 0 aliphatic carbocycles. The van der Waals surface area contributed by atoms with Crippen LogP contribution in [0.1, 0.15) is 26.5 Å². The minimum atomic E-state index is -3.83. The van der Waals surface area contributed by atoms with Crippen LogP contribution in [0.4, 0.5) is 4.39 Å². The summed E-state index contributed by atoms with van der Waals surface area (Å²) in [4.78, 5) is 35.6. The molecule has 0 fully saturated rings. The smallest absolute Gasteiger partial charge is 0.338 e. The van der Waals surface area contributed by atoms with Gasteiger partial charge in [0.1, 0.15) is 11.6 Å². The zero-order valence-electron chi connectivity index (χ0n) is 16.9. The Morgan fingerprint density at radius 1 is 0.909 bits per heavy atom. The zero-order valence-corrected chi connectivity index (χ0v) is 17.7. The van der Waals surface area contributed by atoms with Crippen molar-refractivity contribution >= 4 is 27.8 Å². The molecule has 12 heteroatoms. The molecule has 0 aliphatic heterocycles. The number of nitrogens with one attached hydrogen (secondary N) is 3. The van der Waals surface area contributed by atoms with Crippen molar-refractivity contribution in [1.29, 1.82) is 0 Å². The predicted molar refractivity (Wildman–Crippen MR) is 111 cm³/mol. The van der Waals surface area contributed by atoms with Crippen LogP contribution in [0.2, 0.25) is 0 Å². The van der Waals surface area contributed by atoms with E-state index in [1.165, 1.54) is 42.7 Å². The Balaban J connectivity index is 1.46. The van der Waals surface area contributed by atoms with Crippen molar-refractivity contribution in [2.75, 3.05) is 6.61 Å². The van der Waals surface area contributed by atoms with E-state index in [0.717, 1.165) is 12.1 Å². The van der Waals surface area contributed by atoms with Gasteiger partial charge >= 0.3 is 5.97 Å². The number of benzene rings is 2. The molecule has 172 valence electrons. The molecule has 1 aromatic heterocycles. The van der Waals surface area contributed by atoms with Gasteiger partial charge < -0.3 is 9.15 Å². The number of rotatable bonds is 8. The van der Waals surface area contributed by atoms with Crippen molar-refractivity contribution in [1.82, 2.24) is 15.6 Å². The number of carbonyl (C=O) groups is 3. The Bertz CT molecular complexity index is 1230. The Labute approximate surface area is 187 Å². The lowest BCUT2D eigenvalue weighted by Gasteiger charge is -2.09. The zero-order chi connectivity index (χ0) is 23.8. The molecule has 0 radical (unpaired) electrons. The van der Waals surface area contributed by atoms with Gasteiger partial charge in [-0.25, -0.2) is 22.3 Å². The molecule has 3 N–H and O–H groups in total. The van der Waals surface area contributed by atoms with Gasteiger partial charge in [0, 0.05) is 5.56 Å². The number of hydrazine groups is 1. The van der Waals surface area contributed by atoms with E-state index in [4.69, 9.17) is 9.15 Å². The van der Waals surface area contributed by atoms with Gasteiger partial charge in [0.15, 0.2) is 6.61 Å². The Morgan fingerprint density at radius 3 is 2.21 bits per heavy atom. The predicted octanol–water partition coefficient (Wildman–Crippen LogP) is 1.52. The van der Waals surface area contributed by atoms with Crippen LogP contribution < -0.4 is 15.6 Å². The normalized spacial score (nSPS) is 10.9. The molecule has 33 heavy (non-hydrogen) atoms. The second kappa shape index (κ2) is 10.5. The topological polar surface area (TPSA) is 144 Å². The lowest BCUT2D eigenvalue weighted by molar-refractivity contribution is -0.125. The maximum absolute atomic E-state index is 12.9. The molecule has 0 atom stereocenters. The second-order valence-electron chi connectivity index (χ2n) is 6.51. The second-order valence-corrected chi connectivity index (χ2v) is 8.28. The molecule has 0 aliphatic rings. The number of ether oxygens (including phenoxy) is 1. The molecule has 3 rings (SSSR count). The third-order valence-electron chi connectivity index (χ3n) is 4.17. The summed E-state index contributed by atoms with van der Waals surface area (Å²) in [5.41, 5.74) is 4.28. The summed E-state index contributed by atoms with van der Waals surface area (Å²) >= 11 is 0. The highest BCUT2D eigenvalue weighted by Crippen LogP contribution is 2.12. The van der Waals surface area contributed by atoms with Crippen molar-refractivity contribution in [3.63, 3.8) is 0 Å². The van der Waals surface area contributed by atoms with Gasteiger partial charge in [0.25, 0.3) is 11.8 Å². The van der Waals surface area contributed by atoms with Crippen LogP contribution in [0.15, 0.2) is 76.2 Å². The van der Waals surface area contributed by atoms with Crippen LogP contribution in [0.5, 0.6) is 0 Å². The van der Waals surface area contributed by atoms with Gasteiger partial charge in [0.2, 0.25) is 10.0 Å². The van der Waals surface area contributed by atoms with Gasteiger partial charge in [-0.2, -0.15) is 0 Å². The van der Waals surface area contributed by atoms with Gasteiger partial charge in [-0.1, -0.05) is 0 Å². The first-order chi connectivity index (χ1) is 15.7. The van der Waals surface area contributed by atoms with Crippen molar-refractivity contribution in [3.05, 3.63) is 89.6 Å². The number of esters is 1. The Morgan fingerprint density at radius 2 is 1.58 bits per heavy atom. The van der Waals surface area contributed by atoms with Crippen LogP contribution >= 0.6 is 0 Å². The highest BCUT2D eigenvalue weighted by molar-refractivity contribution is 7.89. The summed E-state index contributed by atoms with van der Waals surface area (Å²) in [6, 6.07) is 12.8. The largest absolute Gasteiger partial charge is 0.468 e. The van der Waals surface area contributed by atoms with E-state index in [2.05, 4.69) is 15.6 Å². The quantitative estimate of drug-likeness (QED) is 0.331. The van der Waals surface area contributed by atoms with Crippen molar-refractivity contribution < 1.29 is 36.3 Å². The monoisotopic (exact) mass is 475 g/mol. The molecule has 0 saturated heterocycles. The number of hydrogen-bond acceptors (Lipinski definition) is 7. The average molecular weight is 475 g/mol. The number of amides is 2. The fourth-order valence-electron chi connectivity index (χ4n) is 2.48. The fraction of sp³-hybridized carbons (Fsp3) is 0.0952. The summed E-state index contributed by atoms with van der Waals surface area (Å²) < 4.78 is 49.7. The van der Waals surface area contributed by atoms with E-state index in [-0.39, 0.29) is 22.6 Å². The van der Waals surface area contributed by atoms with Crippen LogP contribution in [0.25, 0.3) is 0 Å². The standard InChI is InChI=1S/C21H18FN3O7S/c22-16-7-3-14(4-8-16)20(27)25-24-19(26)13-32-21(28)15-5-9-18(10-6-15)33(29,30)23-12-17-2-1-11-31-17/h1-11,23H,12-13H2,(H,24,26)(H,25,27). The van der Waals surface area contributed by atoms with Crippen molar-refractivity contribution in [2.45, 2.75) is 11.4 Å². The fourth-order valence-corrected chi connectivity index (χ4v) is 3.48. The van der Waals surface area contributed by atoms with E-state index >= 15 is 0 Å². The number of furan rings is 1. The molecule has 2 aromatic carbocycles. The molecule has 0 bridgehead atoms. The number of halogens is 1. The van der Waals surface area contributed by atoms with E-state index in [1.54, 1.807) is 12.1 Å². The van der Waals surface area contributed by atoms with Gasteiger partial charge in [-0.05, 0) is 60.7 Å². The van der Waals surface area contributed by atoms with E-state index in [1.807, 2.05) is 0 Å². The Hall–Kier alpha value is -4.03. The highest BCUT2D eigenvalue weighted by Gasteiger charge is 2.17. The number of carbonyl (C=O) groups excluding carboxylic acids is 3. The number of hydrogen-bond donors (Lipinski definition) is 3.